The molecule has 1 aromatic carbocycles. The van der Waals surface area contributed by atoms with E-state index in [0.717, 1.165) is 18.4 Å². The molecule has 0 spiro atoms. The van der Waals surface area contributed by atoms with Gasteiger partial charge in [0, 0.05) is 11.7 Å². The fraction of sp³-hybridized carbons (Fsp3) is 0.333. The van der Waals surface area contributed by atoms with E-state index < -0.39 is 9.84 Å². The minimum atomic E-state index is -3.02. The van der Waals surface area contributed by atoms with Crippen LogP contribution in [0.1, 0.15) is 24.5 Å². The van der Waals surface area contributed by atoms with Gasteiger partial charge >= 0.3 is 0 Å². The molecule has 82 valence electrons. The van der Waals surface area contributed by atoms with Gasteiger partial charge in [-0.15, -0.1) is 0 Å². The number of sulfone groups is 1. The lowest BCUT2D eigenvalue weighted by Gasteiger charge is -1.98. The topological polar surface area (TPSA) is 34.1 Å². The quantitative estimate of drug-likeness (QED) is 0.788. The highest BCUT2D eigenvalue weighted by atomic mass is 32.2. The summed E-state index contributed by atoms with van der Waals surface area (Å²) in [7, 11) is -3.02. The molecule has 0 unspecified atom stereocenters. The average molecular weight is 224 g/mol. The van der Waals surface area contributed by atoms with E-state index in [1.54, 1.807) is 6.08 Å². The van der Waals surface area contributed by atoms with Crippen molar-refractivity contribution >= 4 is 15.9 Å². The van der Waals surface area contributed by atoms with Gasteiger partial charge in [-0.2, -0.15) is 0 Å². The maximum Gasteiger partial charge on any atom is 0.168 e. The highest BCUT2D eigenvalue weighted by Crippen LogP contribution is 2.08. The molecule has 3 heteroatoms. The first-order chi connectivity index (χ1) is 7.01. The van der Waals surface area contributed by atoms with Crippen molar-refractivity contribution in [1.29, 1.82) is 0 Å². The third kappa shape index (κ3) is 4.79. The SMILES string of the molecule is CCCc1ccc(/C=C/S(C)(=O)=O)cc1. The highest BCUT2D eigenvalue weighted by molar-refractivity contribution is 7.93. The van der Waals surface area contributed by atoms with Crippen LogP contribution in [-0.4, -0.2) is 14.7 Å². The van der Waals surface area contributed by atoms with Gasteiger partial charge in [-0.3, -0.25) is 0 Å². The standard InChI is InChI=1S/C12H16O2S/c1-3-4-11-5-7-12(8-6-11)9-10-15(2,13)14/h5-10H,3-4H2,1-2H3/b10-9+. The van der Waals surface area contributed by atoms with E-state index in [9.17, 15) is 8.42 Å². The Kier molecular flexibility index (Phi) is 4.09. The molecule has 0 aliphatic rings. The smallest absolute Gasteiger partial charge is 0.168 e. The van der Waals surface area contributed by atoms with Crippen molar-refractivity contribution in [2.45, 2.75) is 19.8 Å². The number of hydrogen-bond donors (Lipinski definition) is 0. The molecule has 0 aliphatic heterocycles. The Morgan fingerprint density at radius 2 is 1.80 bits per heavy atom. The van der Waals surface area contributed by atoms with Crippen molar-refractivity contribution in [3.05, 3.63) is 40.8 Å². The summed E-state index contributed by atoms with van der Waals surface area (Å²) >= 11 is 0. The van der Waals surface area contributed by atoms with Crippen LogP contribution in [0.4, 0.5) is 0 Å². The van der Waals surface area contributed by atoms with Crippen molar-refractivity contribution in [1.82, 2.24) is 0 Å². The van der Waals surface area contributed by atoms with Crippen LogP contribution >= 0.6 is 0 Å². The van der Waals surface area contributed by atoms with E-state index in [-0.39, 0.29) is 0 Å². The zero-order valence-corrected chi connectivity index (χ0v) is 9.92. The minimum absolute atomic E-state index is 0.917. The Balaban J connectivity index is 2.77. The first-order valence-electron chi connectivity index (χ1n) is 4.98. The van der Waals surface area contributed by atoms with Gasteiger partial charge in [-0.25, -0.2) is 8.42 Å². The molecule has 0 saturated heterocycles. The Morgan fingerprint density at radius 1 is 1.20 bits per heavy atom. The maximum absolute atomic E-state index is 10.9. The Labute approximate surface area is 91.6 Å². The molecule has 2 nitrogen and oxygen atoms in total. The zero-order valence-electron chi connectivity index (χ0n) is 9.10. The minimum Gasteiger partial charge on any atom is -0.225 e. The molecule has 1 aromatic rings. The summed E-state index contributed by atoms with van der Waals surface area (Å²) in [5.41, 5.74) is 2.20. The van der Waals surface area contributed by atoms with Gasteiger partial charge in [-0.1, -0.05) is 37.6 Å². The number of benzene rings is 1. The second-order valence-corrected chi connectivity index (χ2v) is 5.56. The van der Waals surface area contributed by atoms with E-state index in [0.29, 0.717) is 0 Å². The van der Waals surface area contributed by atoms with Gasteiger partial charge in [0.15, 0.2) is 9.84 Å². The van der Waals surface area contributed by atoms with Crippen molar-refractivity contribution in [3.63, 3.8) is 0 Å². The molecular formula is C12H16O2S. The molecule has 15 heavy (non-hydrogen) atoms. The van der Waals surface area contributed by atoms with Crippen LogP contribution in [0, 0.1) is 0 Å². The molecular weight excluding hydrogens is 208 g/mol. The normalized spacial score (nSPS) is 12.1. The Hall–Kier alpha value is -1.09. The number of aryl methyl sites for hydroxylation is 1. The summed E-state index contributed by atoms with van der Waals surface area (Å²) in [4.78, 5) is 0. The van der Waals surface area contributed by atoms with Gasteiger partial charge in [0.2, 0.25) is 0 Å². The molecule has 0 saturated carbocycles. The number of rotatable bonds is 4. The zero-order chi connectivity index (χ0) is 11.3. The fourth-order valence-electron chi connectivity index (χ4n) is 1.29. The van der Waals surface area contributed by atoms with E-state index >= 15 is 0 Å². The van der Waals surface area contributed by atoms with Crippen molar-refractivity contribution in [2.24, 2.45) is 0 Å². The van der Waals surface area contributed by atoms with E-state index in [1.807, 2.05) is 24.3 Å². The Morgan fingerprint density at radius 3 is 2.27 bits per heavy atom. The lowest BCUT2D eigenvalue weighted by molar-refractivity contribution is 0.610. The second kappa shape index (κ2) is 5.12. The molecule has 1 rings (SSSR count). The van der Waals surface area contributed by atoms with Crippen LogP contribution in [0.25, 0.3) is 6.08 Å². The lowest BCUT2D eigenvalue weighted by atomic mass is 10.1. The molecule has 0 amide bonds. The van der Waals surface area contributed by atoms with Crippen molar-refractivity contribution in [2.75, 3.05) is 6.26 Å². The fourth-order valence-corrected chi connectivity index (χ4v) is 1.69. The molecule has 0 heterocycles. The van der Waals surface area contributed by atoms with E-state index in [1.165, 1.54) is 17.2 Å². The second-order valence-electron chi connectivity index (χ2n) is 3.62. The van der Waals surface area contributed by atoms with Crippen LogP contribution in [0.3, 0.4) is 0 Å². The van der Waals surface area contributed by atoms with Gasteiger partial charge in [0.05, 0.1) is 0 Å². The van der Waals surface area contributed by atoms with Crippen LogP contribution in [0.15, 0.2) is 29.7 Å². The van der Waals surface area contributed by atoms with E-state index in [4.69, 9.17) is 0 Å². The molecule has 0 atom stereocenters. The first kappa shape index (κ1) is 12.0. The summed E-state index contributed by atoms with van der Waals surface area (Å²) < 4.78 is 21.8. The highest BCUT2D eigenvalue weighted by Gasteiger charge is 1.94. The van der Waals surface area contributed by atoms with Crippen molar-refractivity contribution in [3.8, 4) is 0 Å². The molecule has 0 aliphatic carbocycles. The van der Waals surface area contributed by atoms with Gasteiger partial charge in [0.1, 0.15) is 0 Å². The molecule has 0 bridgehead atoms. The van der Waals surface area contributed by atoms with Crippen LogP contribution in [0.2, 0.25) is 0 Å². The van der Waals surface area contributed by atoms with Crippen LogP contribution in [0.5, 0.6) is 0 Å². The molecule has 0 fully saturated rings. The molecule has 0 aromatic heterocycles. The summed E-state index contributed by atoms with van der Waals surface area (Å²) in [6, 6.07) is 7.94. The predicted octanol–water partition coefficient (Wildman–Crippen LogP) is 2.65. The number of hydrogen-bond acceptors (Lipinski definition) is 2. The third-order valence-electron chi connectivity index (χ3n) is 2.03. The third-order valence-corrected chi connectivity index (χ3v) is 2.66. The van der Waals surface area contributed by atoms with Crippen LogP contribution < -0.4 is 0 Å². The summed E-state index contributed by atoms with van der Waals surface area (Å²) in [6.45, 7) is 2.14. The lowest BCUT2D eigenvalue weighted by Crippen LogP contribution is -1.88. The predicted molar refractivity (Wildman–Crippen MR) is 64.3 cm³/mol. The van der Waals surface area contributed by atoms with Crippen LogP contribution in [-0.2, 0) is 16.3 Å². The Bertz CT molecular complexity index is 427. The van der Waals surface area contributed by atoms with E-state index in [2.05, 4.69) is 6.92 Å². The van der Waals surface area contributed by atoms with Gasteiger partial charge in [0.25, 0.3) is 0 Å². The van der Waals surface area contributed by atoms with Crippen molar-refractivity contribution < 1.29 is 8.42 Å². The molecule has 0 radical (unpaired) electrons. The monoisotopic (exact) mass is 224 g/mol. The van der Waals surface area contributed by atoms with Gasteiger partial charge < -0.3 is 0 Å². The average Bonchev–Trinajstić information content (AvgIpc) is 2.16. The first-order valence-corrected chi connectivity index (χ1v) is 6.94. The maximum atomic E-state index is 10.9. The summed E-state index contributed by atoms with van der Waals surface area (Å²) in [5, 5.41) is 1.22. The van der Waals surface area contributed by atoms with Gasteiger partial charge in [-0.05, 0) is 23.6 Å². The summed E-state index contributed by atoms with van der Waals surface area (Å²) in [6.07, 6.45) is 4.99. The molecule has 0 N–H and O–H groups in total. The summed E-state index contributed by atoms with van der Waals surface area (Å²) in [5.74, 6) is 0. The largest absolute Gasteiger partial charge is 0.225 e.